The van der Waals surface area contributed by atoms with Gasteiger partial charge in [0.05, 0.1) is 0 Å². The molecule has 18 heavy (non-hydrogen) atoms. The van der Waals surface area contributed by atoms with Crippen LogP contribution < -0.4 is 0 Å². The van der Waals surface area contributed by atoms with E-state index < -0.39 is 12.0 Å². The lowest BCUT2D eigenvalue weighted by Crippen LogP contribution is -2.41. The van der Waals surface area contributed by atoms with Gasteiger partial charge in [0, 0.05) is 12.7 Å². The van der Waals surface area contributed by atoms with E-state index >= 15 is 0 Å². The van der Waals surface area contributed by atoms with Crippen molar-refractivity contribution in [3.05, 3.63) is 35.6 Å². The smallest absolute Gasteiger partial charge is 0.327 e. The first-order valence-corrected chi connectivity index (χ1v) is 6.44. The van der Waals surface area contributed by atoms with Gasteiger partial charge in [-0.3, -0.25) is 4.79 Å². The number of rotatable bonds is 2. The van der Waals surface area contributed by atoms with Crippen LogP contribution in [-0.2, 0) is 9.59 Å². The van der Waals surface area contributed by atoms with Crippen molar-refractivity contribution in [3.8, 4) is 0 Å². The van der Waals surface area contributed by atoms with Crippen LogP contribution in [0.4, 0.5) is 4.39 Å². The zero-order valence-corrected chi connectivity index (χ0v) is 10.5. The van der Waals surface area contributed by atoms with Crippen LogP contribution >= 0.6 is 11.8 Å². The largest absolute Gasteiger partial charge is 0.480 e. The Morgan fingerprint density at radius 3 is 2.50 bits per heavy atom. The standard InChI is InChI=1S/C12H12FNO3S/c1-7(15)14-10(12(16)17)6-18-11(14)8-2-4-9(13)5-3-8/h2-5,10-11H,6H2,1H3,(H,16,17)/t10-,11+/m1/s1. The lowest BCUT2D eigenvalue weighted by atomic mass is 10.1. The van der Waals surface area contributed by atoms with E-state index in [9.17, 15) is 14.0 Å². The second-order valence-electron chi connectivity index (χ2n) is 4.02. The lowest BCUT2D eigenvalue weighted by Gasteiger charge is -2.26. The van der Waals surface area contributed by atoms with Crippen molar-refractivity contribution in [2.24, 2.45) is 0 Å². The van der Waals surface area contributed by atoms with Crippen molar-refractivity contribution in [1.29, 1.82) is 0 Å². The average molecular weight is 269 g/mol. The predicted molar refractivity (Wildman–Crippen MR) is 65.5 cm³/mol. The Hall–Kier alpha value is -1.56. The highest BCUT2D eigenvalue weighted by Gasteiger charge is 2.40. The molecule has 4 nitrogen and oxygen atoms in total. The molecule has 1 aromatic rings. The molecule has 1 heterocycles. The molecule has 2 rings (SSSR count). The van der Waals surface area contributed by atoms with Crippen LogP contribution in [0.5, 0.6) is 0 Å². The third kappa shape index (κ3) is 2.33. The van der Waals surface area contributed by atoms with E-state index in [1.165, 1.54) is 35.7 Å². The monoisotopic (exact) mass is 269 g/mol. The summed E-state index contributed by atoms with van der Waals surface area (Å²) in [5.41, 5.74) is 0.736. The van der Waals surface area contributed by atoms with Crippen LogP contribution in [0.25, 0.3) is 0 Å². The van der Waals surface area contributed by atoms with Crippen molar-refractivity contribution in [2.45, 2.75) is 18.3 Å². The van der Waals surface area contributed by atoms with Gasteiger partial charge in [0.2, 0.25) is 5.91 Å². The average Bonchev–Trinajstić information content (AvgIpc) is 2.74. The second-order valence-corrected chi connectivity index (χ2v) is 5.13. The van der Waals surface area contributed by atoms with Crippen LogP contribution in [-0.4, -0.2) is 33.7 Å². The summed E-state index contributed by atoms with van der Waals surface area (Å²) in [6.07, 6.45) is 0. The van der Waals surface area contributed by atoms with Crippen molar-refractivity contribution in [3.63, 3.8) is 0 Å². The molecule has 0 radical (unpaired) electrons. The van der Waals surface area contributed by atoms with E-state index in [4.69, 9.17) is 5.11 Å². The highest BCUT2D eigenvalue weighted by atomic mass is 32.2. The van der Waals surface area contributed by atoms with Gasteiger partial charge in [0.15, 0.2) is 0 Å². The normalized spacial score (nSPS) is 23.1. The molecule has 96 valence electrons. The van der Waals surface area contributed by atoms with E-state index in [-0.39, 0.29) is 17.1 Å². The summed E-state index contributed by atoms with van der Waals surface area (Å²) >= 11 is 1.38. The summed E-state index contributed by atoms with van der Waals surface area (Å²) in [5.74, 6) is -1.31. The molecule has 6 heteroatoms. The number of carboxylic acid groups (broad SMARTS) is 1. The number of halogens is 1. The van der Waals surface area contributed by atoms with Crippen LogP contribution in [0, 0.1) is 5.82 Å². The zero-order valence-electron chi connectivity index (χ0n) is 9.67. The van der Waals surface area contributed by atoms with Gasteiger partial charge in [-0.05, 0) is 17.7 Å². The molecule has 0 aromatic heterocycles. The first-order valence-electron chi connectivity index (χ1n) is 5.39. The second kappa shape index (κ2) is 4.97. The van der Waals surface area contributed by atoms with Gasteiger partial charge in [0.25, 0.3) is 0 Å². The highest BCUT2D eigenvalue weighted by Crippen LogP contribution is 2.41. The molecule has 0 spiro atoms. The quantitative estimate of drug-likeness (QED) is 0.890. The van der Waals surface area contributed by atoms with Gasteiger partial charge in [-0.25, -0.2) is 9.18 Å². The fourth-order valence-corrected chi connectivity index (χ4v) is 3.44. The number of nitrogens with zero attached hydrogens (tertiary/aromatic N) is 1. The molecular formula is C12H12FNO3S. The minimum Gasteiger partial charge on any atom is -0.480 e. The predicted octanol–water partition coefficient (Wildman–Crippen LogP) is 1.87. The SMILES string of the molecule is CC(=O)N1[C@@H](C(=O)O)CS[C@H]1c1ccc(F)cc1. The van der Waals surface area contributed by atoms with Crippen LogP contribution in [0.15, 0.2) is 24.3 Å². The number of aliphatic carboxylic acids is 1. The maximum Gasteiger partial charge on any atom is 0.327 e. The number of carboxylic acids is 1. The molecule has 1 aliphatic rings. The molecular weight excluding hydrogens is 257 g/mol. The summed E-state index contributed by atoms with van der Waals surface area (Å²) in [6.45, 7) is 1.35. The zero-order chi connectivity index (χ0) is 13.3. The molecule has 0 bridgehead atoms. The summed E-state index contributed by atoms with van der Waals surface area (Å²) in [4.78, 5) is 24.0. The maximum atomic E-state index is 12.9. The number of hydrogen-bond acceptors (Lipinski definition) is 3. The number of thioether (sulfide) groups is 1. The van der Waals surface area contributed by atoms with Crippen LogP contribution in [0.3, 0.4) is 0 Å². The van der Waals surface area contributed by atoms with Gasteiger partial charge in [0.1, 0.15) is 17.2 Å². The van der Waals surface area contributed by atoms with Crippen molar-refractivity contribution >= 4 is 23.6 Å². The lowest BCUT2D eigenvalue weighted by molar-refractivity contribution is -0.148. The number of hydrogen-bond donors (Lipinski definition) is 1. The van der Waals surface area contributed by atoms with Crippen molar-refractivity contribution in [2.75, 3.05) is 5.75 Å². The number of benzene rings is 1. The topological polar surface area (TPSA) is 57.6 Å². The first-order chi connectivity index (χ1) is 8.50. The van der Waals surface area contributed by atoms with Crippen molar-refractivity contribution in [1.82, 2.24) is 4.90 Å². The molecule has 0 saturated carbocycles. The van der Waals surface area contributed by atoms with E-state index in [0.717, 1.165) is 5.56 Å². The molecule has 1 amide bonds. The van der Waals surface area contributed by atoms with Gasteiger partial charge in [-0.15, -0.1) is 11.8 Å². The summed E-state index contributed by atoms with van der Waals surface area (Å²) in [6, 6.07) is 4.95. The Bertz CT molecular complexity index is 477. The van der Waals surface area contributed by atoms with Gasteiger partial charge >= 0.3 is 5.97 Å². The van der Waals surface area contributed by atoms with E-state index in [1.807, 2.05) is 0 Å². The van der Waals surface area contributed by atoms with Crippen molar-refractivity contribution < 1.29 is 19.1 Å². The Morgan fingerprint density at radius 2 is 2.00 bits per heavy atom. The fourth-order valence-electron chi connectivity index (χ4n) is 1.97. The molecule has 0 unspecified atom stereocenters. The van der Waals surface area contributed by atoms with Crippen LogP contribution in [0.2, 0.25) is 0 Å². The molecule has 1 aliphatic heterocycles. The minimum atomic E-state index is -1.01. The maximum absolute atomic E-state index is 12.9. The number of carbonyl (C=O) groups excluding carboxylic acids is 1. The van der Waals surface area contributed by atoms with E-state index in [1.54, 1.807) is 12.1 Å². The third-order valence-electron chi connectivity index (χ3n) is 2.80. The minimum absolute atomic E-state index is 0.290. The Labute approximate surface area is 108 Å². The molecule has 1 N–H and O–H groups in total. The highest BCUT2D eigenvalue weighted by molar-refractivity contribution is 7.99. The molecule has 2 atom stereocenters. The summed E-state index contributed by atoms with van der Waals surface area (Å²) < 4.78 is 12.9. The molecule has 1 saturated heterocycles. The Morgan fingerprint density at radius 1 is 1.39 bits per heavy atom. The molecule has 1 aromatic carbocycles. The summed E-state index contributed by atoms with van der Waals surface area (Å²) in [7, 11) is 0. The molecule has 0 aliphatic carbocycles. The van der Waals surface area contributed by atoms with Gasteiger partial charge in [-0.2, -0.15) is 0 Å². The first kappa shape index (κ1) is 12.9. The molecule has 1 fully saturated rings. The summed E-state index contributed by atoms with van der Waals surface area (Å²) in [5, 5.41) is 8.72. The Kier molecular flexibility index (Phi) is 3.56. The third-order valence-corrected chi connectivity index (χ3v) is 4.13. The van der Waals surface area contributed by atoms with E-state index in [2.05, 4.69) is 0 Å². The van der Waals surface area contributed by atoms with Gasteiger partial charge in [-0.1, -0.05) is 12.1 Å². The number of carbonyl (C=O) groups is 2. The fraction of sp³-hybridized carbons (Fsp3) is 0.333. The van der Waals surface area contributed by atoms with E-state index in [0.29, 0.717) is 5.75 Å². The Balaban J connectivity index is 2.30. The van der Waals surface area contributed by atoms with Crippen LogP contribution in [0.1, 0.15) is 17.9 Å². The van der Waals surface area contributed by atoms with Gasteiger partial charge < -0.3 is 10.0 Å². The number of amides is 1.